The van der Waals surface area contributed by atoms with Gasteiger partial charge in [0.05, 0.1) is 22.5 Å². The molecule has 2 N–H and O–H groups in total. The molecule has 8 heteroatoms. The first-order valence-electron chi connectivity index (χ1n) is 17.1. The van der Waals surface area contributed by atoms with Crippen LogP contribution in [0.4, 0.5) is 11.4 Å². The van der Waals surface area contributed by atoms with E-state index in [4.69, 9.17) is 4.99 Å². The SMILES string of the molecule is CC(C)(C)C(=O)N=C1C(=C2C(=O)C(c3cc4c5c(c3NC(=O)C(C)(C)C)CCCN5CCC4)=C2O)C=C2CCCN3CCCC1=C23. The van der Waals surface area contributed by atoms with E-state index in [2.05, 4.69) is 15.1 Å². The van der Waals surface area contributed by atoms with Crippen LogP contribution in [0.25, 0.3) is 5.57 Å². The second-order valence-electron chi connectivity index (χ2n) is 15.7. The highest BCUT2D eigenvalue weighted by atomic mass is 16.3. The first-order chi connectivity index (χ1) is 21.8. The summed E-state index contributed by atoms with van der Waals surface area (Å²) in [5.41, 5.74) is 8.15. The smallest absolute Gasteiger partial charge is 0.251 e. The monoisotopic (exact) mass is 622 g/mol. The quantitative estimate of drug-likeness (QED) is 0.360. The van der Waals surface area contributed by atoms with E-state index in [0.29, 0.717) is 22.5 Å². The summed E-state index contributed by atoms with van der Waals surface area (Å²) in [6.07, 6.45) is 9.30. The van der Waals surface area contributed by atoms with Crippen LogP contribution in [0.15, 0.2) is 50.9 Å². The van der Waals surface area contributed by atoms with Gasteiger partial charge in [-0.3, -0.25) is 14.4 Å². The molecule has 1 fully saturated rings. The summed E-state index contributed by atoms with van der Waals surface area (Å²) in [6, 6.07) is 2.03. The Morgan fingerprint density at radius 3 is 2.17 bits per heavy atom. The van der Waals surface area contributed by atoms with Gasteiger partial charge in [0, 0.05) is 65.1 Å². The van der Waals surface area contributed by atoms with Gasteiger partial charge in [-0.25, -0.2) is 4.99 Å². The molecular formula is C38H46N4O4. The van der Waals surface area contributed by atoms with E-state index in [-0.39, 0.29) is 34.5 Å². The van der Waals surface area contributed by atoms with Crippen LogP contribution in [0, 0.1) is 10.8 Å². The number of Topliss-reactive ketones (excluding diaryl/α,β-unsaturated/α-hetero) is 1. The number of amides is 2. The van der Waals surface area contributed by atoms with E-state index in [0.717, 1.165) is 106 Å². The van der Waals surface area contributed by atoms with Gasteiger partial charge in [0.2, 0.25) is 11.7 Å². The normalized spacial score (nSPS) is 23.7. The zero-order chi connectivity index (χ0) is 32.7. The predicted octanol–water partition coefficient (Wildman–Crippen LogP) is 6.62. The van der Waals surface area contributed by atoms with E-state index >= 15 is 0 Å². The van der Waals surface area contributed by atoms with Gasteiger partial charge in [0.15, 0.2) is 0 Å². The molecule has 0 spiro atoms. The lowest BCUT2D eigenvalue weighted by Gasteiger charge is -2.42. The molecule has 4 heterocycles. The number of nitrogens with zero attached hydrogens (tertiary/aromatic N) is 3. The molecule has 4 aliphatic heterocycles. The summed E-state index contributed by atoms with van der Waals surface area (Å²) in [6.45, 7) is 15.1. The molecule has 0 bridgehead atoms. The molecule has 0 saturated carbocycles. The van der Waals surface area contributed by atoms with Gasteiger partial charge in [-0.05, 0) is 80.2 Å². The second kappa shape index (κ2) is 10.8. The van der Waals surface area contributed by atoms with Crippen molar-refractivity contribution in [2.24, 2.45) is 15.8 Å². The van der Waals surface area contributed by atoms with Crippen LogP contribution in [0.3, 0.4) is 0 Å². The van der Waals surface area contributed by atoms with Gasteiger partial charge in [-0.1, -0.05) is 41.5 Å². The minimum Gasteiger partial charge on any atom is -0.506 e. The van der Waals surface area contributed by atoms with Gasteiger partial charge in [-0.2, -0.15) is 0 Å². The highest BCUT2D eigenvalue weighted by molar-refractivity contribution is 6.42. The Morgan fingerprint density at radius 2 is 1.50 bits per heavy atom. The van der Waals surface area contributed by atoms with Crippen LogP contribution in [-0.2, 0) is 27.2 Å². The fraction of sp³-hybridized carbons (Fsp3) is 0.526. The number of carbonyl (C=O) groups is 3. The molecule has 0 atom stereocenters. The van der Waals surface area contributed by atoms with Crippen molar-refractivity contribution in [2.45, 2.75) is 92.9 Å². The van der Waals surface area contributed by atoms with Crippen molar-refractivity contribution in [3.05, 3.63) is 62.6 Å². The van der Waals surface area contributed by atoms with Gasteiger partial charge in [-0.15, -0.1) is 0 Å². The Balaban J connectivity index is 1.43. The molecule has 0 radical (unpaired) electrons. The minimum absolute atomic E-state index is 0.0813. The van der Waals surface area contributed by atoms with Crippen molar-refractivity contribution in [3.8, 4) is 0 Å². The molecule has 46 heavy (non-hydrogen) atoms. The number of allylic oxidation sites excluding steroid dienone is 6. The fourth-order valence-corrected chi connectivity index (χ4v) is 7.83. The number of benzene rings is 1. The maximum atomic E-state index is 14.4. The van der Waals surface area contributed by atoms with E-state index in [1.165, 1.54) is 5.69 Å². The summed E-state index contributed by atoms with van der Waals surface area (Å²) in [7, 11) is 0. The molecule has 242 valence electrons. The number of hydrogen-bond donors (Lipinski definition) is 2. The molecule has 1 saturated heterocycles. The van der Waals surface area contributed by atoms with E-state index in [1.54, 1.807) is 0 Å². The van der Waals surface area contributed by atoms with Crippen LogP contribution in [0.5, 0.6) is 0 Å². The number of hydrogen-bond acceptors (Lipinski definition) is 6. The van der Waals surface area contributed by atoms with E-state index in [1.807, 2.05) is 53.7 Å². The Hall–Kier alpha value is -3.94. The van der Waals surface area contributed by atoms with Crippen LogP contribution >= 0.6 is 0 Å². The average Bonchev–Trinajstić information content (AvgIpc) is 3.00. The topological polar surface area (TPSA) is 102 Å². The highest BCUT2D eigenvalue weighted by Gasteiger charge is 2.44. The van der Waals surface area contributed by atoms with E-state index < -0.39 is 10.8 Å². The molecule has 8 nitrogen and oxygen atoms in total. The Bertz CT molecular complexity index is 1750. The lowest BCUT2D eigenvalue weighted by molar-refractivity contribution is -0.125. The zero-order valence-corrected chi connectivity index (χ0v) is 28.2. The Labute approximate surface area is 272 Å². The molecule has 1 aromatic carbocycles. The third-order valence-electron chi connectivity index (χ3n) is 10.3. The van der Waals surface area contributed by atoms with E-state index in [9.17, 15) is 19.5 Å². The zero-order valence-electron chi connectivity index (χ0n) is 28.2. The minimum atomic E-state index is -0.690. The predicted molar refractivity (Wildman–Crippen MR) is 182 cm³/mol. The van der Waals surface area contributed by atoms with Crippen molar-refractivity contribution >= 4 is 40.3 Å². The van der Waals surface area contributed by atoms with Crippen LogP contribution in [0.2, 0.25) is 0 Å². The third-order valence-corrected chi connectivity index (χ3v) is 10.3. The highest BCUT2D eigenvalue weighted by Crippen LogP contribution is 2.50. The summed E-state index contributed by atoms with van der Waals surface area (Å²) in [4.78, 5) is 50.7. The third kappa shape index (κ3) is 4.87. The molecule has 7 rings (SSSR count). The number of carbonyl (C=O) groups excluding carboxylic acids is 3. The average molecular weight is 623 g/mol. The number of piperidine rings is 1. The maximum absolute atomic E-state index is 14.4. The van der Waals surface area contributed by atoms with Crippen molar-refractivity contribution in [1.29, 1.82) is 0 Å². The molecule has 0 aromatic heterocycles. The number of aliphatic hydroxyl groups is 1. The number of aryl methyl sites for hydroxylation is 1. The fourth-order valence-electron chi connectivity index (χ4n) is 7.83. The lowest BCUT2D eigenvalue weighted by Crippen LogP contribution is -2.39. The van der Waals surface area contributed by atoms with Gasteiger partial charge >= 0.3 is 0 Å². The number of nitrogens with one attached hydrogen (secondary N) is 1. The first kappa shape index (κ1) is 30.7. The molecule has 6 aliphatic rings. The van der Waals surface area contributed by atoms with Crippen LogP contribution in [-0.4, -0.2) is 59.5 Å². The van der Waals surface area contributed by atoms with Crippen LogP contribution in [0.1, 0.15) is 96.8 Å². The second-order valence-corrected chi connectivity index (χ2v) is 15.7. The number of ketones is 1. The number of aliphatic hydroxyl groups excluding tert-OH is 1. The standard InChI is InChI=1S/C38H46N4O4/c1-37(2,3)35(45)39-29-23-13-9-17-41-15-7-11-21(31(23)41)19-25(29)27-33(43)28(34(27)44)26-20-22-12-8-16-42-18-10-14-24(32(22)42)30(26)40-36(46)38(4,5)6/h19-20,43H,7-18H2,1-6H3,(H,39,45). The summed E-state index contributed by atoms with van der Waals surface area (Å²) in [5, 5.41) is 15.1. The maximum Gasteiger partial charge on any atom is 0.251 e. The Morgan fingerprint density at radius 1 is 0.848 bits per heavy atom. The van der Waals surface area contributed by atoms with Crippen molar-refractivity contribution < 1.29 is 19.5 Å². The molecular weight excluding hydrogens is 576 g/mol. The van der Waals surface area contributed by atoms with Crippen molar-refractivity contribution in [1.82, 2.24) is 4.90 Å². The largest absolute Gasteiger partial charge is 0.506 e. The van der Waals surface area contributed by atoms with Crippen molar-refractivity contribution in [3.63, 3.8) is 0 Å². The molecule has 2 amide bonds. The van der Waals surface area contributed by atoms with Gasteiger partial charge in [0.1, 0.15) is 5.76 Å². The Kier molecular flexibility index (Phi) is 7.22. The van der Waals surface area contributed by atoms with Crippen molar-refractivity contribution in [2.75, 3.05) is 36.4 Å². The summed E-state index contributed by atoms with van der Waals surface area (Å²) < 4.78 is 0. The van der Waals surface area contributed by atoms with Gasteiger partial charge in [0.25, 0.3) is 5.91 Å². The number of anilines is 2. The molecule has 1 aromatic rings. The summed E-state index contributed by atoms with van der Waals surface area (Å²) in [5.74, 6) is -0.731. The van der Waals surface area contributed by atoms with Gasteiger partial charge < -0.3 is 20.2 Å². The first-order valence-corrected chi connectivity index (χ1v) is 17.1. The number of aliphatic imine (C=N–C) groups is 1. The molecule has 2 aliphatic carbocycles. The lowest BCUT2D eigenvalue weighted by atomic mass is 9.73. The van der Waals surface area contributed by atoms with Crippen LogP contribution < -0.4 is 10.2 Å². The summed E-state index contributed by atoms with van der Waals surface area (Å²) >= 11 is 0. The molecule has 0 unspecified atom stereocenters. The number of rotatable bonds is 2.